The van der Waals surface area contributed by atoms with Crippen LogP contribution in [0.15, 0.2) is 24.3 Å². The second-order valence-corrected chi connectivity index (χ2v) is 4.27. The SMILES string of the molecule is NCC(O)C(=O)OC1CCCc2ccccc21. The molecule has 4 nitrogen and oxygen atoms in total. The highest BCUT2D eigenvalue weighted by Gasteiger charge is 2.25. The van der Waals surface area contributed by atoms with Crippen LogP contribution in [-0.4, -0.2) is 23.7 Å². The molecule has 0 fully saturated rings. The van der Waals surface area contributed by atoms with Crippen LogP contribution >= 0.6 is 0 Å². The lowest BCUT2D eigenvalue weighted by Crippen LogP contribution is -2.32. The zero-order chi connectivity index (χ0) is 12.3. The first-order chi connectivity index (χ1) is 8.22. The van der Waals surface area contributed by atoms with Crippen molar-refractivity contribution in [1.29, 1.82) is 0 Å². The van der Waals surface area contributed by atoms with E-state index < -0.39 is 12.1 Å². The third kappa shape index (κ3) is 2.65. The van der Waals surface area contributed by atoms with Gasteiger partial charge in [-0.2, -0.15) is 0 Å². The van der Waals surface area contributed by atoms with Crippen molar-refractivity contribution in [2.45, 2.75) is 31.5 Å². The highest BCUT2D eigenvalue weighted by atomic mass is 16.6. The molecule has 1 aliphatic carbocycles. The van der Waals surface area contributed by atoms with Crippen LogP contribution in [0.3, 0.4) is 0 Å². The molecular weight excluding hydrogens is 218 g/mol. The monoisotopic (exact) mass is 235 g/mol. The molecule has 0 amide bonds. The summed E-state index contributed by atoms with van der Waals surface area (Å²) in [7, 11) is 0. The Morgan fingerprint density at radius 3 is 3.06 bits per heavy atom. The van der Waals surface area contributed by atoms with Crippen LogP contribution in [0.4, 0.5) is 0 Å². The molecule has 1 aromatic rings. The normalized spacial score (nSPS) is 20.5. The van der Waals surface area contributed by atoms with Gasteiger partial charge in [-0.3, -0.25) is 0 Å². The second-order valence-electron chi connectivity index (χ2n) is 4.27. The minimum absolute atomic E-state index is 0.104. The minimum atomic E-state index is -1.22. The molecule has 1 aromatic carbocycles. The zero-order valence-electron chi connectivity index (χ0n) is 9.63. The molecule has 0 saturated heterocycles. The predicted molar refractivity (Wildman–Crippen MR) is 63.3 cm³/mol. The van der Waals surface area contributed by atoms with E-state index in [-0.39, 0.29) is 12.6 Å². The number of rotatable bonds is 3. The summed E-state index contributed by atoms with van der Waals surface area (Å²) in [5, 5.41) is 9.31. The van der Waals surface area contributed by atoms with E-state index in [0.717, 1.165) is 24.8 Å². The number of nitrogens with two attached hydrogens (primary N) is 1. The van der Waals surface area contributed by atoms with Gasteiger partial charge in [0.2, 0.25) is 0 Å². The van der Waals surface area contributed by atoms with E-state index in [0.29, 0.717) is 0 Å². The number of carbonyl (C=O) groups is 1. The fourth-order valence-electron chi connectivity index (χ4n) is 2.15. The molecule has 2 atom stereocenters. The summed E-state index contributed by atoms with van der Waals surface area (Å²) in [6.07, 6.45) is 1.36. The van der Waals surface area contributed by atoms with Gasteiger partial charge in [-0.05, 0) is 30.4 Å². The van der Waals surface area contributed by atoms with Gasteiger partial charge >= 0.3 is 5.97 Å². The average molecular weight is 235 g/mol. The Balaban J connectivity index is 2.11. The van der Waals surface area contributed by atoms with Crippen molar-refractivity contribution in [3.63, 3.8) is 0 Å². The quantitative estimate of drug-likeness (QED) is 0.764. The third-order valence-electron chi connectivity index (χ3n) is 3.07. The first-order valence-corrected chi connectivity index (χ1v) is 5.89. The fourth-order valence-corrected chi connectivity index (χ4v) is 2.15. The summed E-state index contributed by atoms with van der Waals surface area (Å²) in [6, 6.07) is 7.94. The number of fused-ring (bicyclic) bond motifs is 1. The van der Waals surface area contributed by atoms with Crippen molar-refractivity contribution in [2.24, 2.45) is 5.73 Å². The van der Waals surface area contributed by atoms with E-state index >= 15 is 0 Å². The molecule has 3 N–H and O–H groups in total. The van der Waals surface area contributed by atoms with Crippen LogP contribution in [-0.2, 0) is 16.0 Å². The summed E-state index contributed by atoms with van der Waals surface area (Å²) in [4.78, 5) is 11.5. The smallest absolute Gasteiger partial charge is 0.336 e. The number of hydrogen-bond donors (Lipinski definition) is 2. The molecule has 92 valence electrons. The van der Waals surface area contributed by atoms with Gasteiger partial charge in [-0.15, -0.1) is 0 Å². The molecule has 0 saturated carbocycles. The largest absolute Gasteiger partial charge is 0.456 e. The van der Waals surface area contributed by atoms with Crippen LogP contribution in [0.2, 0.25) is 0 Å². The Bertz CT molecular complexity index is 405. The number of ether oxygens (including phenoxy) is 1. The molecule has 0 aromatic heterocycles. The lowest BCUT2D eigenvalue weighted by molar-refractivity contribution is -0.159. The number of aliphatic hydroxyl groups excluding tert-OH is 1. The molecule has 1 aliphatic rings. The topological polar surface area (TPSA) is 72.5 Å². The molecule has 0 radical (unpaired) electrons. The highest BCUT2D eigenvalue weighted by molar-refractivity contribution is 5.75. The van der Waals surface area contributed by atoms with E-state index in [1.54, 1.807) is 0 Å². The standard InChI is InChI=1S/C13H17NO3/c14-8-11(15)13(16)17-12-7-3-5-9-4-1-2-6-10(9)12/h1-2,4,6,11-12,15H,3,5,7-8,14H2. The Morgan fingerprint density at radius 2 is 2.29 bits per heavy atom. The van der Waals surface area contributed by atoms with E-state index in [9.17, 15) is 9.90 Å². The van der Waals surface area contributed by atoms with Crippen LogP contribution in [0.1, 0.15) is 30.1 Å². The predicted octanol–water partition coefficient (Wildman–Crippen LogP) is 0.927. The Hall–Kier alpha value is -1.39. The summed E-state index contributed by atoms with van der Waals surface area (Å²) in [5.41, 5.74) is 7.50. The zero-order valence-corrected chi connectivity index (χ0v) is 9.63. The maximum atomic E-state index is 11.5. The van der Waals surface area contributed by atoms with E-state index in [1.165, 1.54) is 5.56 Å². The molecule has 0 bridgehead atoms. The summed E-state index contributed by atoms with van der Waals surface area (Å²) in [6.45, 7) is -0.104. The van der Waals surface area contributed by atoms with Crippen LogP contribution < -0.4 is 5.73 Å². The first-order valence-electron chi connectivity index (χ1n) is 5.89. The minimum Gasteiger partial charge on any atom is -0.456 e. The molecular formula is C13H17NO3. The molecule has 0 spiro atoms. The average Bonchev–Trinajstić information content (AvgIpc) is 2.38. The Kier molecular flexibility index (Phi) is 3.76. The maximum absolute atomic E-state index is 11.5. The Labute approximate surface area is 100 Å². The molecule has 17 heavy (non-hydrogen) atoms. The molecule has 2 rings (SSSR count). The van der Waals surface area contributed by atoms with Gasteiger partial charge in [-0.25, -0.2) is 4.79 Å². The number of aliphatic hydroxyl groups is 1. The van der Waals surface area contributed by atoms with E-state index in [2.05, 4.69) is 6.07 Å². The van der Waals surface area contributed by atoms with Gasteiger partial charge in [-0.1, -0.05) is 24.3 Å². The summed E-state index contributed by atoms with van der Waals surface area (Å²) in [5.74, 6) is -0.630. The highest BCUT2D eigenvalue weighted by Crippen LogP contribution is 2.32. The van der Waals surface area contributed by atoms with Gasteiger partial charge in [0.1, 0.15) is 6.10 Å². The first kappa shape index (κ1) is 12.1. The number of aryl methyl sites for hydroxylation is 1. The van der Waals surface area contributed by atoms with Crippen LogP contribution in [0, 0.1) is 0 Å². The summed E-state index contributed by atoms with van der Waals surface area (Å²) >= 11 is 0. The van der Waals surface area contributed by atoms with Gasteiger partial charge in [0, 0.05) is 6.54 Å². The van der Waals surface area contributed by atoms with Crippen molar-refractivity contribution >= 4 is 5.97 Å². The van der Waals surface area contributed by atoms with Crippen molar-refractivity contribution in [3.8, 4) is 0 Å². The molecule has 2 unspecified atom stereocenters. The number of hydrogen-bond acceptors (Lipinski definition) is 4. The van der Waals surface area contributed by atoms with Gasteiger partial charge in [0.15, 0.2) is 6.10 Å². The van der Waals surface area contributed by atoms with Gasteiger partial charge in [0.05, 0.1) is 0 Å². The van der Waals surface area contributed by atoms with Crippen molar-refractivity contribution in [3.05, 3.63) is 35.4 Å². The van der Waals surface area contributed by atoms with Crippen LogP contribution in [0.5, 0.6) is 0 Å². The van der Waals surface area contributed by atoms with Crippen molar-refractivity contribution in [1.82, 2.24) is 0 Å². The molecule has 4 heteroatoms. The van der Waals surface area contributed by atoms with Gasteiger partial charge < -0.3 is 15.6 Å². The summed E-state index contributed by atoms with van der Waals surface area (Å²) < 4.78 is 5.30. The number of esters is 1. The maximum Gasteiger partial charge on any atom is 0.336 e. The van der Waals surface area contributed by atoms with E-state index in [4.69, 9.17) is 10.5 Å². The van der Waals surface area contributed by atoms with Crippen molar-refractivity contribution < 1.29 is 14.6 Å². The van der Waals surface area contributed by atoms with Gasteiger partial charge in [0.25, 0.3) is 0 Å². The fraction of sp³-hybridized carbons (Fsp3) is 0.462. The molecule has 0 aliphatic heterocycles. The van der Waals surface area contributed by atoms with E-state index in [1.807, 2.05) is 18.2 Å². The number of benzene rings is 1. The lowest BCUT2D eigenvalue weighted by atomic mass is 9.89. The lowest BCUT2D eigenvalue weighted by Gasteiger charge is -2.26. The third-order valence-corrected chi connectivity index (χ3v) is 3.07. The Morgan fingerprint density at radius 1 is 1.53 bits per heavy atom. The van der Waals surface area contributed by atoms with Crippen LogP contribution in [0.25, 0.3) is 0 Å². The van der Waals surface area contributed by atoms with Crippen molar-refractivity contribution in [2.75, 3.05) is 6.54 Å². The molecule has 0 heterocycles. The second kappa shape index (κ2) is 5.29. The number of carbonyl (C=O) groups excluding carboxylic acids is 1.